The third-order valence-electron chi connectivity index (χ3n) is 5.96. The zero-order chi connectivity index (χ0) is 23.8. The molecular formula is C27H36FNO3. The van der Waals surface area contributed by atoms with Gasteiger partial charge in [-0.15, -0.1) is 0 Å². The average Bonchev–Trinajstić information content (AvgIpc) is 2.74. The Hall–Kier alpha value is -2.50. The van der Waals surface area contributed by atoms with Crippen molar-refractivity contribution in [1.82, 2.24) is 0 Å². The normalized spacial score (nSPS) is 14.7. The van der Waals surface area contributed by atoms with E-state index in [9.17, 15) is 14.3 Å². The quantitative estimate of drug-likeness (QED) is 0.273. The fraction of sp³-hybridized carbons (Fsp3) is 0.444. The number of carbonyl (C=O) groups excluding carboxylic acids is 1. The molecule has 0 aliphatic heterocycles. The van der Waals surface area contributed by atoms with Crippen LogP contribution >= 0.6 is 0 Å². The first-order valence-electron chi connectivity index (χ1n) is 11.4. The first-order valence-corrected chi connectivity index (χ1v) is 11.4. The highest BCUT2D eigenvalue weighted by Gasteiger charge is 2.23. The van der Waals surface area contributed by atoms with E-state index in [2.05, 4.69) is 13.0 Å². The van der Waals surface area contributed by atoms with Crippen LogP contribution in [0.4, 0.5) is 4.39 Å². The van der Waals surface area contributed by atoms with Gasteiger partial charge in [-0.05, 0) is 91.1 Å². The number of nitrogens with two attached hydrogens (primary N) is 1. The van der Waals surface area contributed by atoms with E-state index in [1.165, 1.54) is 6.07 Å². The summed E-state index contributed by atoms with van der Waals surface area (Å²) in [6.07, 6.45) is 4.33. The molecule has 2 aromatic carbocycles. The second kappa shape index (κ2) is 11.9. The highest BCUT2D eigenvalue weighted by Crippen LogP contribution is 2.31. The lowest BCUT2D eigenvalue weighted by atomic mass is 9.91. The highest BCUT2D eigenvalue weighted by molar-refractivity contribution is 5.82. The molecule has 3 atom stereocenters. The predicted octanol–water partition coefficient (Wildman–Crippen LogP) is 5.91. The van der Waals surface area contributed by atoms with Gasteiger partial charge in [-0.25, -0.2) is 4.39 Å². The molecule has 3 unspecified atom stereocenters. The number of hydrogen-bond acceptors (Lipinski definition) is 4. The minimum absolute atomic E-state index is 0.0466. The molecule has 0 bridgehead atoms. The summed E-state index contributed by atoms with van der Waals surface area (Å²) < 4.78 is 19.3. The summed E-state index contributed by atoms with van der Waals surface area (Å²) in [5, 5.41) is 9.27. The van der Waals surface area contributed by atoms with Crippen LogP contribution in [0.15, 0.2) is 42.5 Å². The summed E-state index contributed by atoms with van der Waals surface area (Å²) in [5.74, 6) is -0.276. The number of carbonyl (C=O) groups is 1. The molecule has 0 saturated carbocycles. The van der Waals surface area contributed by atoms with Gasteiger partial charge in [0.15, 0.2) is 0 Å². The zero-order valence-electron chi connectivity index (χ0n) is 19.8. The first kappa shape index (κ1) is 25.8. The maximum absolute atomic E-state index is 13.6. The Kier molecular flexibility index (Phi) is 9.60. The number of aliphatic hydroxyl groups excluding tert-OH is 1. The molecule has 0 heterocycles. The van der Waals surface area contributed by atoms with Gasteiger partial charge < -0.3 is 15.6 Å². The fourth-order valence-electron chi connectivity index (χ4n) is 3.65. The summed E-state index contributed by atoms with van der Waals surface area (Å²) in [5.41, 5.74) is 10.2. The molecule has 4 nitrogen and oxygen atoms in total. The Labute approximate surface area is 191 Å². The van der Waals surface area contributed by atoms with Crippen molar-refractivity contribution in [1.29, 1.82) is 0 Å². The number of unbranched alkanes of at least 4 members (excludes halogenated alkanes) is 1. The van der Waals surface area contributed by atoms with Crippen molar-refractivity contribution in [3.63, 3.8) is 0 Å². The largest absolute Gasteiger partial charge is 0.426 e. The van der Waals surface area contributed by atoms with Gasteiger partial charge in [0.1, 0.15) is 17.8 Å². The molecular weight excluding hydrogens is 405 g/mol. The van der Waals surface area contributed by atoms with Crippen molar-refractivity contribution in [3.8, 4) is 5.75 Å². The first-order chi connectivity index (χ1) is 15.1. The van der Waals surface area contributed by atoms with Crippen molar-refractivity contribution in [2.75, 3.05) is 0 Å². The fourth-order valence-corrected chi connectivity index (χ4v) is 3.65. The Morgan fingerprint density at radius 2 is 1.84 bits per heavy atom. The van der Waals surface area contributed by atoms with Crippen molar-refractivity contribution < 1.29 is 19.0 Å². The van der Waals surface area contributed by atoms with Crippen molar-refractivity contribution in [2.45, 2.75) is 66.5 Å². The van der Waals surface area contributed by atoms with Gasteiger partial charge in [0.2, 0.25) is 0 Å². The molecule has 2 aromatic rings. The number of hydrogen-bond donors (Lipinski definition) is 2. The van der Waals surface area contributed by atoms with Crippen LogP contribution in [0, 0.1) is 31.5 Å². The summed E-state index contributed by atoms with van der Waals surface area (Å²) in [6.45, 7) is 9.74. The number of allylic oxidation sites excluding steroid dienone is 1. The third-order valence-corrected chi connectivity index (χ3v) is 5.96. The third kappa shape index (κ3) is 7.01. The Morgan fingerprint density at radius 3 is 2.44 bits per heavy atom. The predicted molar refractivity (Wildman–Crippen MR) is 128 cm³/mol. The lowest BCUT2D eigenvalue weighted by molar-refractivity contribution is -0.140. The molecule has 174 valence electrons. The maximum Gasteiger partial charge on any atom is 0.314 e. The number of aryl methyl sites for hydroxylation is 2. The standard InChI is InChI=1S/C27H36FNO3/c1-6-7-8-24(23-12-11-22(28)16-18(23)3)21-10-13-25(19(4)15-21)32-27(31)20(5)17(2)9-14-26(29)30/h8,10-13,15-17,20,26,30H,6-7,9,14,29H2,1-5H3. The number of esters is 1. The summed E-state index contributed by atoms with van der Waals surface area (Å²) in [4.78, 5) is 12.6. The van der Waals surface area contributed by atoms with E-state index in [0.29, 0.717) is 18.6 Å². The van der Waals surface area contributed by atoms with Gasteiger partial charge in [0.05, 0.1) is 5.92 Å². The summed E-state index contributed by atoms with van der Waals surface area (Å²) in [6, 6.07) is 10.6. The van der Waals surface area contributed by atoms with Gasteiger partial charge in [0, 0.05) is 0 Å². The van der Waals surface area contributed by atoms with Gasteiger partial charge in [-0.2, -0.15) is 0 Å². The number of aliphatic hydroxyl groups is 1. The van der Waals surface area contributed by atoms with Crippen molar-refractivity contribution >= 4 is 11.5 Å². The van der Waals surface area contributed by atoms with E-state index < -0.39 is 6.23 Å². The minimum Gasteiger partial charge on any atom is -0.426 e. The molecule has 32 heavy (non-hydrogen) atoms. The van der Waals surface area contributed by atoms with E-state index >= 15 is 0 Å². The Balaban J connectivity index is 2.24. The topological polar surface area (TPSA) is 72.5 Å². The van der Waals surface area contributed by atoms with E-state index in [4.69, 9.17) is 10.5 Å². The van der Waals surface area contributed by atoms with E-state index in [1.54, 1.807) is 6.07 Å². The van der Waals surface area contributed by atoms with Crippen molar-refractivity contribution in [3.05, 3.63) is 70.5 Å². The van der Waals surface area contributed by atoms with Crippen LogP contribution < -0.4 is 10.5 Å². The van der Waals surface area contributed by atoms with Crippen molar-refractivity contribution in [2.24, 2.45) is 17.6 Å². The summed E-state index contributed by atoms with van der Waals surface area (Å²) >= 11 is 0. The molecule has 0 aliphatic carbocycles. The van der Waals surface area contributed by atoms with Gasteiger partial charge in [-0.3, -0.25) is 4.79 Å². The number of ether oxygens (including phenoxy) is 1. The van der Waals surface area contributed by atoms with Gasteiger partial charge in [-0.1, -0.05) is 45.4 Å². The SMILES string of the molecule is CCCC=C(c1ccc(OC(=O)C(C)C(C)CCC(N)O)c(C)c1)c1ccc(F)cc1C. The van der Waals surface area contributed by atoms with Gasteiger partial charge in [0.25, 0.3) is 0 Å². The maximum atomic E-state index is 13.6. The monoisotopic (exact) mass is 441 g/mol. The van der Waals surface area contributed by atoms with Gasteiger partial charge >= 0.3 is 5.97 Å². The average molecular weight is 442 g/mol. The number of benzene rings is 2. The molecule has 5 heteroatoms. The highest BCUT2D eigenvalue weighted by atomic mass is 19.1. The lowest BCUT2D eigenvalue weighted by Crippen LogP contribution is -2.26. The number of halogens is 1. The molecule has 3 N–H and O–H groups in total. The Bertz CT molecular complexity index is 952. The number of rotatable bonds is 10. The lowest BCUT2D eigenvalue weighted by Gasteiger charge is -2.20. The van der Waals surface area contributed by atoms with Crippen LogP contribution in [0.5, 0.6) is 5.75 Å². The van der Waals surface area contributed by atoms with Crippen LogP contribution in [0.25, 0.3) is 5.57 Å². The molecule has 0 amide bonds. The molecule has 0 aromatic heterocycles. The van der Waals surface area contributed by atoms with E-state index in [1.807, 2.05) is 52.0 Å². The van der Waals surface area contributed by atoms with Crippen LogP contribution in [-0.4, -0.2) is 17.3 Å². The minimum atomic E-state index is -0.866. The van der Waals surface area contributed by atoms with Crippen LogP contribution in [0.2, 0.25) is 0 Å². The zero-order valence-corrected chi connectivity index (χ0v) is 19.8. The smallest absolute Gasteiger partial charge is 0.314 e. The second-order valence-corrected chi connectivity index (χ2v) is 8.68. The Morgan fingerprint density at radius 1 is 1.12 bits per heavy atom. The molecule has 0 fully saturated rings. The van der Waals surface area contributed by atoms with E-state index in [0.717, 1.165) is 40.7 Å². The molecule has 2 rings (SSSR count). The van der Waals surface area contributed by atoms with Crippen LogP contribution in [-0.2, 0) is 4.79 Å². The summed E-state index contributed by atoms with van der Waals surface area (Å²) in [7, 11) is 0. The molecule has 0 saturated heterocycles. The van der Waals surface area contributed by atoms with Crippen LogP contribution in [0.1, 0.15) is 68.7 Å². The molecule has 0 aliphatic rings. The molecule has 0 radical (unpaired) electrons. The van der Waals surface area contributed by atoms with Crippen LogP contribution in [0.3, 0.4) is 0 Å². The second-order valence-electron chi connectivity index (χ2n) is 8.68. The van der Waals surface area contributed by atoms with E-state index in [-0.39, 0.29) is 23.6 Å². The molecule has 0 spiro atoms.